The van der Waals surface area contributed by atoms with E-state index in [4.69, 9.17) is 9.40 Å². The highest BCUT2D eigenvalue weighted by Gasteiger charge is 2.17. The second-order valence-electron chi connectivity index (χ2n) is 8.01. The Labute approximate surface area is 182 Å². The first-order valence-corrected chi connectivity index (χ1v) is 11.1. The third-order valence-electron chi connectivity index (χ3n) is 5.13. The monoisotopic (exact) mass is 426 g/mol. The molecule has 30 heavy (non-hydrogen) atoms. The fourth-order valence-electron chi connectivity index (χ4n) is 2.90. The lowest BCUT2D eigenvalue weighted by Gasteiger charge is -2.22. The lowest BCUT2D eigenvalue weighted by molar-refractivity contribution is -0.121. The fraction of sp³-hybridized carbons (Fsp3) is 0.435. The minimum Gasteiger partial charge on any atom is -0.467 e. The molecule has 1 amide bonds. The Balaban J connectivity index is 1.67. The number of rotatable bonds is 10. The van der Waals surface area contributed by atoms with E-state index in [0.29, 0.717) is 31.8 Å². The van der Waals surface area contributed by atoms with Crippen molar-refractivity contribution in [3.8, 4) is 0 Å². The Morgan fingerprint density at radius 2 is 1.97 bits per heavy atom. The van der Waals surface area contributed by atoms with Gasteiger partial charge in [-0.05, 0) is 37.5 Å². The molecule has 7 heteroatoms. The molecule has 0 spiro atoms. The highest BCUT2D eigenvalue weighted by molar-refractivity contribution is 7.09. The Kier molecular flexibility index (Phi) is 7.63. The molecule has 0 aliphatic carbocycles. The largest absolute Gasteiger partial charge is 0.467 e. The number of carbonyl (C=O) groups excluding carboxylic acids is 1. The van der Waals surface area contributed by atoms with E-state index in [-0.39, 0.29) is 11.9 Å². The van der Waals surface area contributed by atoms with Crippen molar-refractivity contribution in [1.82, 2.24) is 14.7 Å². The van der Waals surface area contributed by atoms with Gasteiger partial charge in [0, 0.05) is 37.0 Å². The van der Waals surface area contributed by atoms with Crippen molar-refractivity contribution < 1.29 is 9.21 Å². The molecule has 1 unspecified atom stereocenters. The van der Waals surface area contributed by atoms with E-state index in [9.17, 15) is 4.79 Å². The molecule has 1 atom stereocenters. The van der Waals surface area contributed by atoms with Crippen LogP contribution in [0.3, 0.4) is 0 Å². The van der Waals surface area contributed by atoms with E-state index < -0.39 is 0 Å². The number of nitrogens with one attached hydrogen (secondary N) is 1. The predicted molar refractivity (Wildman–Crippen MR) is 121 cm³/mol. The van der Waals surface area contributed by atoms with Crippen LogP contribution in [0.1, 0.15) is 49.9 Å². The lowest BCUT2D eigenvalue weighted by Crippen LogP contribution is -2.38. The number of furan rings is 1. The van der Waals surface area contributed by atoms with E-state index in [2.05, 4.69) is 59.6 Å². The minimum atomic E-state index is 0.0463. The quantitative estimate of drug-likeness (QED) is 0.513. The summed E-state index contributed by atoms with van der Waals surface area (Å²) in [6.45, 7) is 9.42. The summed E-state index contributed by atoms with van der Waals surface area (Å²) >= 11 is 1.36. The standard InChI is InChI=1S/C23H30N4O2S/c1-16(2)18(4)24-22(28)11-12-27(15-20-6-5-13-29-20)23-25-21(26-30-23)14-19-9-7-17(3)8-10-19/h5-10,13,16,18H,11-12,14-15H2,1-4H3,(H,24,28). The van der Waals surface area contributed by atoms with Crippen molar-refractivity contribution in [2.75, 3.05) is 11.4 Å². The van der Waals surface area contributed by atoms with Gasteiger partial charge in [0.15, 0.2) is 0 Å². The number of anilines is 1. The van der Waals surface area contributed by atoms with Gasteiger partial charge < -0.3 is 14.6 Å². The van der Waals surface area contributed by atoms with Gasteiger partial charge in [-0.1, -0.05) is 43.7 Å². The number of carbonyl (C=O) groups is 1. The molecule has 0 saturated heterocycles. The Morgan fingerprint density at radius 1 is 1.20 bits per heavy atom. The first-order valence-electron chi connectivity index (χ1n) is 10.4. The average molecular weight is 427 g/mol. The van der Waals surface area contributed by atoms with Gasteiger partial charge in [-0.2, -0.15) is 4.37 Å². The summed E-state index contributed by atoms with van der Waals surface area (Å²) in [6.07, 6.45) is 2.75. The predicted octanol–water partition coefficient (Wildman–Crippen LogP) is 4.59. The minimum absolute atomic E-state index is 0.0463. The molecule has 3 aromatic rings. The molecule has 0 bridgehead atoms. The maximum absolute atomic E-state index is 12.4. The van der Waals surface area contributed by atoms with Gasteiger partial charge in [0.1, 0.15) is 11.6 Å². The zero-order valence-corrected chi connectivity index (χ0v) is 18.9. The van der Waals surface area contributed by atoms with E-state index >= 15 is 0 Å². The van der Waals surface area contributed by atoms with Crippen molar-refractivity contribution in [2.45, 2.75) is 53.1 Å². The van der Waals surface area contributed by atoms with Crippen molar-refractivity contribution >= 4 is 22.6 Å². The van der Waals surface area contributed by atoms with Crippen LogP contribution in [0.5, 0.6) is 0 Å². The average Bonchev–Trinajstić information content (AvgIpc) is 3.39. The zero-order chi connectivity index (χ0) is 21.5. The van der Waals surface area contributed by atoms with Gasteiger partial charge in [-0.3, -0.25) is 4.79 Å². The first kappa shape index (κ1) is 22.0. The number of aryl methyl sites for hydroxylation is 1. The SMILES string of the molecule is Cc1ccc(Cc2nsc(N(CCC(=O)NC(C)C(C)C)Cc3ccco3)n2)cc1. The molecule has 0 aliphatic rings. The first-order chi connectivity index (χ1) is 14.4. The van der Waals surface area contributed by atoms with Crippen molar-refractivity contribution in [1.29, 1.82) is 0 Å². The Bertz CT molecular complexity index is 919. The van der Waals surface area contributed by atoms with Gasteiger partial charge in [-0.15, -0.1) is 0 Å². The second-order valence-corrected chi connectivity index (χ2v) is 8.74. The van der Waals surface area contributed by atoms with Crippen LogP contribution in [0.4, 0.5) is 5.13 Å². The third kappa shape index (κ3) is 6.42. The summed E-state index contributed by atoms with van der Waals surface area (Å²) in [5.41, 5.74) is 2.42. The topological polar surface area (TPSA) is 71.3 Å². The molecular weight excluding hydrogens is 396 g/mol. The van der Waals surface area contributed by atoms with Crippen LogP contribution in [0.2, 0.25) is 0 Å². The summed E-state index contributed by atoms with van der Waals surface area (Å²) in [5, 5.41) is 3.87. The summed E-state index contributed by atoms with van der Waals surface area (Å²) in [4.78, 5) is 19.2. The lowest BCUT2D eigenvalue weighted by atomic mass is 10.1. The highest BCUT2D eigenvalue weighted by atomic mass is 32.1. The molecule has 0 fully saturated rings. The summed E-state index contributed by atoms with van der Waals surface area (Å²) in [5.74, 6) is 2.08. The van der Waals surface area contributed by atoms with Crippen LogP contribution >= 0.6 is 11.5 Å². The number of nitrogens with zero attached hydrogens (tertiary/aromatic N) is 3. The summed E-state index contributed by atoms with van der Waals surface area (Å²) in [6, 6.07) is 12.4. The Hall–Kier alpha value is -2.67. The highest BCUT2D eigenvalue weighted by Crippen LogP contribution is 2.22. The fourth-order valence-corrected chi connectivity index (χ4v) is 3.61. The Morgan fingerprint density at radius 3 is 2.63 bits per heavy atom. The molecular formula is C23H30N4O2S. The second kappa shape index (κ2) is 10.4. The van der Waals surface area contributed by atoms with Crippen LogP contribution in [0.15, 0.2) is 47.1 Å². The van der Waals surface area contributed by atoms with Crippen LogP contribution < -0.4 is 10.2 Å². The molecule has 3 rings (SSSR count). The molecule has 0 radical (unpaired) electrons. The van der Waals surface area contributed by atoms with Gasteiger partial charge >= 0.3 is 0 Å². The maximum atomic E-state index is 12.4. The number of hydrogen-bond donors (Lipinski definition) is 1. The molecule has 0 aliphatic heterocycles. The van der Waals surface area contributed by atoms with E-state index in [0.717, 1.165) is 16.7 Å². The molecule has 2 heterocycles. The number of benzene rings is 1. The third-order valence-corrected chi connectivity index (χ3v) is 5.95. The number of hydrogen-bond acceptors (Lipinski definition) is 6. The molecule has 160 valence electrons. The van der Waals surface area contributed by atoms with E-state index in [1.165, 1.54) is 22.7 Å². The molecule has 2 aromatic heterocycles. The van der Waals surface area contributed by atoms with Gasteiger partial charge in [0.2, 0.25) is 11.0 Å². The van der Waals surface area contributed by atoms with Gasteiger partial charge in [0.25, 0.3) is 0 Å². The molecule has 6 nitrogen and oxygen atoms in total. The molecule has 0 saturated carbocycles. The summed E-state index contributed by atoms with van der Waals surface area (Å²) < 4.78 is 10.1. The smallest absolute Gasteiger partial charge is 0.221 e. The van der Waals surface area contributed by atoms with Crippen LogP contribution in [0.25, 0.3) is 0 Å². The number of aromatic nitrogens is 2. The van der Waals surface area contributed by atoms with Crippen LogP contribution in [-0.4, -0.2) is 27.9 Å². The van der Waals surface area contributed by atoms with Crippen molar-refractivity contribution in [3.63, 3.8) is 0 Å². The maximum Gasteiger partial charge on any atom is 0.221 e. The van der Waals surface area contributed by atoms with Gasteiger partial charge in [0.05, 0.1) is 12.8 Å². The van der Waals surface area contributed by atoms with Gasteiger partial charge in [-0.25, -0.2) is 4.98 Å². The zero-order valence-electron chi connectivity index (χ0n) is 18.1. The molecule has 1 N–H and O–H groups in total. The van der Waals surface area contributed by atoms with Crippen LogP contribution in [-0.2, 0) is 17.8 Å². The summed E-state index contributed by atoms with van der Waals surface area (Å²) in [7, 11) is 0. The number of amides is 1. The normalized spacial score (nSPS) is 12.2. The molecule has 1 aromatic carbocycles. The van der Waals surface area contributed by atoms with E-state index in [1.54, 1.807) is 6.26 Å². The van der Waals surface area contributed by atoms with Crippen molar-refractivity contribution in [2.24, 2.45) is 5.92 Å². The van der Waals surface area contributed by atoms with E-state index in [1.807, 2.05) is 19.1 Å². The van der Waals surface area contributed by atoms with Crippen molar-refractivity contribution in [3.05, 3.63) is 65.4 Å². The van der Waals surface area contributed by atoms with Crippen LogP contribution in [0, 0.1) is 12.8 Å².